The first-order chi connectivity index (χ1) is 11.5. The zero-order valence-electron chi connectivity index (χ0n) is 13.7. The van der Waals surface area contributed by atoms with Crippen LogP contribution in [0.15, 0.2) is 30.3 Å². The van der Waals surface area contributed by atoms with E-state index < -0.39 is 17.9 Å². The second kappa shape index (κ2) is 6.63. The zero-order valence-corrected chi connectivity index (χ0v) is 13.7. The molecule has 2 amide bonds. The molecule has 3 rings (SSSR count). The summed E-state index contributed by atoms with van der Waals surface area (Å²) >= 11 is 0. The van der Waals surface area contributed by atoms with Crippen molar-refractivity contribution in [2.45, 2.75) is 44.8 Å². The van der Waals surface area contributed by atoms with Crippen LogP contribution in [0, 0.1) is 5.92 Å². The molecular formula is C18H22N2O4. The minimum Gasteiger partial charge on any atom is -0.480 e. The quantitative estimate of drug-likeness (QED) is 0.857. The van der Waals surface area contributed by atoms with Gasteiger partial charge in [0.2, 0.25) is 11.8 Å². The van der Waals surface area contributed by atoms with E-state index in [2.05, 4.69) is 0 Å². The lowest BCUT2D eigenvalue weighted by Gasteiger charge is -2.29. The Morgan fingerprint density at radius 2 is 1.96 bits per heavy atom. The summed E-state index contributed by atoms with van der Waals surface area (Å²) in [6.45, 7) is 2.39. The monoisotopic (exact) mass is 330 g/mol. The van der Waals surface area contributed by atoms with Crippen LogP contribution in [-0.2, 0) is 20.9 Å². The van der Waals surface area contributed by atoms with Crippen LogP contribution in [-0.4, -0.2) is 51.3 Å². The minimum atomic E-state index is -0.999. The van der Waals surface area contributed by atoms with Crippen molar-refractivity contribution in [2.24, 2.45) is 5.92 Å². The van der Waals surface area contributed by atoms with Crippen LogP contribution in [0.5, 0.6) is 0 Å². The molecule has 6 nitrogen and oxygen atoms in total. The van der Waals surface area contributed by atoms with Crippen molar-refractivity contribution in [3.63, 3.8) is 0 Å². The second-order valence-electron chi connectivity index (χ2n) is 6.65. The van der Waals surface area contributed by atoms with E-state index in [9.17, 15) is 19.5 Å². The van der Waals surface area contributed by atoms with Gasteiger partial charge in [0.15, 0.2) is 0 Å². The Labute approximate surface area is 141 Å². The van der Waals surface area contributed by atoms with Crippen LogP contribution in [0.25, 0.3) is 0 Å². The number of carboxylic acids is 1. The fourth-order valence-electron chi connectivity index (χ4n) is 3.26. The van der Waals surface area contributed by atoms with Gasteiger partial charge in [0.25, 0.3) is 0 Å². The Hall–Kier alpha value is -2.37. The number of carboxylic acid groups (broad SMARTS) is 1. The number of carbonyl (C=O) groups is 3. The van der Waals surface area contributed by atoms with Gasteiger partial charge in [0.05, 0.1) is 5.92 Å². The van der Waals surface area contributed by atoms with Gasteiger partial charge in [-0.15, -0.1) is 0 Å². The van der Waals surface area contributed by atoms with Gasteiger partial charge in [0.1, 0.15) is 6.04 Å². The summed E-state index contributed by atoms with van der Waals surface area (Å²) in [6.07, 6.45) is 1.86. The Kier molecular flexibility index (Phi) is 4.55. The molecule has 0 spiro atoms. The Bertz CT molecular complexity index is 642. The van der Waals surface area contributed by atoms with Crippen LogP contribution >= 0.6 is 0 Å². The number of carbonyl (C=O) groups excluding carboxylic acids is 2. The first-order valence-electron chi connectivity index (χ1n) is 8.34. The molecule has 1 heterocycles. The number of rotatable bonds is 6. The van der Waals surface area contributed by atoms with E-state index in [1.165, 1.54) is 11.8 Å². The molecule has 0 aromatic heterocycles. The van der Waals surface area contributed by atoms with Gasteiger partial charge in [-0.2, -0.15) is 0 Å². The lowest BCUT2D eigenvalue weighted by atomic mass is 10.1. The molecule has 6 heteroatoms. The molecule has 1 aliphatic carbocycles. The highest BCUT2D eigenvalue weighted by Gasteiger charge is 2.44. The maximum Gasteiger partial charge on any atom is 0.326 e. The summed E-state index contributed by atoms with van der Waals surface area (Å²) in [5.74, 6) is -1.68. The largest absolute Gasteiger partial charge is 0.480 e. The van der Waals surface area contributed by atoms with Crippen molar-refractivity contribution < 1.29 is 19.5 Å². The van der Waals surface area contributed by atoms with Crippen LogP contribution < -0.4 is 0 Å². The summed E-state index contributed by atoms with van der Waals surface area (Å²) in [5.41, 5.74) is 1.02. The normalized spacial score (nSPS) is 21.6. The maximum atomic E-state index is 12.8. The Morgan fingerprint density at radius 1 is 1.29 bits per heavy atom. The molecule has 1 aromatic carbocycles. The van der Waals surface area contributed by atoms with E-state index in [0.717, 1.165) is 18.4 Å². The van der Waals surface area contributed by atoms with E-state index >= 15 is 0 Å². The average molecular weight is 330 g/mol. The number of nitrogens with zero attached hydrogens (tertiary/aromatic N) is 2. The molecule has 0 bridgehead atoms. The second-order valence-corrected chi connectivity index (χ2v) is 6.65. The summed E-state index contributed by atoms with van der Waals surface area (Å²) in [4.78, 5) is 39.5. The highest BCUT2D eigenvalue weighted by atomic mass is 16.4. The zero-order chi connectivity index (χ0) is 17.3. The van der Waals surface area contributed by atoms with Gasteiger partial charge in [-0.05, 0) is 25.3 Å². The van der Waals surface area contributed by atoms with Crippen molar-refractivity contribution in [3.05, 3.63) is 35.9 Å². The molecule has 1 N–H and O–H groups in total. The SMILES string of the molecule is CC(C(=O)O)N(C(=O)C1CC(=O)N(Cc2ccccc2)C1)C1CC1. The Balaban J connectivity index is 1.67. The number of amides is 2. The van der Waals surface area contributed by atoms with Crippen LogP contribution in [0.4, 0.5) is 0 Å². The van der Waals surface area contributed by atoms with Crippen molar-refractivity contribution >= 4 is 17.8 Å². The van der Waals surface area contributed by atoms with E-state index in [0.29, 0.717) is 13.1 Å². The molecule has 1 saturated carbocycles. The highest BCUT2D eigenvalue weighted by Crippen LogP contribution is 2.32. The molecule has 2 aliphatic rings. The molecule has 128 valence electrons. The Morgan fingerprint density at radius 3 is 2.54 bits per heavy atom. The van der Waals surface area contributed by atoms with Crippen molar-refractivity contribution in [2.75, 3.05) is 6.54 Å². The van der Waals surface area contributed by atoms with Gasteiger partial charge in [-0.3, -0.25) is 9.59 Å². The smallest absolute Gasteiger partial charge is 0.326 e. The van der Waals surface area contributed by atoms with Gasteiger partial charge in [-0.1, -0.05) is 30.3 Å². The topological polar surface area (TPSA) is 77.9 Å². The molecular weight excluding hydrogens is 308 g/mol. The molecule has 1 aromatic rings. The molecule has 24 heavy (non-hydrogen) atoms. The van der Waals surface area contributed by atoms with E-state index in [-0.39, 0.29) is 24.3 Å². The number of benzene rings is 1. The van der Waals surface area contributed by atoms with E-state index in [1.54, 1.807) is 4.90 Å². The number of likely N-dealkylation sites (tertiary alicyclic amines) is 1. The molecule has 1 aliphatic heterocycles. The first kappa shape index (κ1) is 16.5. The lowest BCUT2D eigenvalue weighted by molar-refractivity contribution is -0.151. The van der Waals surface area contributed by atoms with E-state index in [4.69, 9.17) is 0 Å². The van der Waals surface area contributed by atoms with Crippen molar-refractivity contribution in [1.29, 1.82) is 0 Å². The predicted molar refractivity (Wildman–Crippen MR) is 86.9 cm³/mol. The van der Waals surface area contributed by atoms with Crippen LogP contribution in [0.1, 0.15) is 31.7 Å². The molecule has 2 fully saturated rings. The van der Waals surface area contributed by atoms with Crippen molar-refractivity contribution in [3.8, 4) is 0 Å². The number of hydrogen-bond donors (Lipinski definition) is 1. The fraction of sp³-hybridized carbons (Fsp3) is 0.500. The minimum absolute atomic E-state index is 0.0156. The maximum absolute atomic E-state index is 12.8. The lowest BCUT2D eigenvalue weighted by Crippen LogP contribution is -2.47. The molecule has 1 saturated heterocycles. The molecule has 2 atom stereocenters. The summed E-state index contributed by atoms with van der Waals surface area (Å²) in [5, 5.41) is 9.25. The predicted octanol–water partition coefficient (Wildman–Crippen LogP) is 1.50. The van der Waals surface area contributed by atoms with Gasteiger partial charge in [-0.25, -0.2) is 4.79 Å². The van der Waals surface area contributed by atoms with Crippen LogP contribution in [0.3, 0.4) is 0 Å². The summed E-state index contributed by atoms with van der Waals surface area (Å²) < 4.78 is 0. The van der Waals surface area contributed by atoms with E-state index in [1.807, 2.05) is 30.3 Å². The van der Waals surface area contributed by atoms with Crippen LogP contribution in [0.2, 0.25) is 0 Å². The number of hydrogen-bond acceptors (Lipinski definition) is 3. The third-order valence-electron chi connectivity index (χ3n) is 4.75. The highest BCUT2D eigenvalue weighted by molar-refractivity contribution is 5.91. The number of aliphatic carboxylic acids is 1. The molecule has 0 radical (unpaired) electrons. The van der Waals surface area contributed by atoms with Crippen molar-refractivity contribution in [1.82, 2.24) is 9.80 Å². The average Bonchev–Trinajstić information content (AvgIpc) is 3.32. The standard InChI is InChI=1S/C18H22N2O4/c1-12(18(23)24)20(15-7-8-15)17(22)14-9-16(21)19(11-14)10-13-5-3-2-4-6-13/h2-6,12,14-15H,7-11H2,1H3,(H,23,24). The summed E-state index contributed by atoms with van der Waals surface area (Å²) in [7, 11) is 0. The van der Waals surface area contributed by atoms with Gasteiger partial charge < -0.3 is 14.9 Å². The third-order valence-corrected chi connectivity index (χ3v) is 4.75. The summed E-state index contributed by atoms with van der Waals surface area (Å²) in [6, 6.07) is 8.83. The first-order valence-corrected chi connectivity index (χ1v) is 8.34. The fourth-order valence-corrected chi connectivity index (χ4v) is 3.26. The molecule has 2 unspecified atom stereocenters. The van der Waals surface area contributed by atoms with Gasteiger partial charge in [0, 0.05) is 25.6 Å². The third kappa shape index (κ3) is 3.42. The van der Waals surface area contributed by atoms with Gasteiger partial charge >= 0.3 is 5.97 Å².